The van der Waals surface area contributed by atoms with Gasteiger partial charge in [-0.1, -0.05) is 30.7 Å². The Hall–Kier alpha value is -3.50. The van der Waals surface area contributed by atoms with Crippen LogP contribution in [0.1, 0.15) is 30.5 Å². The number of aromatic nitrogens is 2. The van der Waals surface area contributed by atoms with Gasteiger partial charge >= 0.3 is 6.03 Å². The minimum atomic E-state index is -0.986. The number of β-lactam (4-membered cyclic amide) rings is 1. The number of hydrogen-bond donors (Lipinski definition) is 2. The molecule has 0 radical (unpaired) electrons. The zero-order valence-electron chi connectivity index (χ0n) is 19.2. The topological polar surface area (TPSA) is 122 Å². The summed E-state index contributed by atoms with van der Waals surface area (Å²) in [4.78, 5) is 50.5. The Morgan fingerprint density at radius 2 is 2.09 bits per heavy atom. The predicted octanol–water partition coefficient (Wildman–Crippen LogP) is 3.67. The van der Waals surface area contributed by atoms with Gasteiger partial charge in [0.25, 0.3) is 5.91 Å². The van der Waals surface area contributed by atoms with Crippen molar-refractivity contribution < 1.29 is 14.4 Å². The Morgan fingerprint density at radius 1 is 1.29 bits per heavy atom. The molecule has 4 amide bonds. The van der Waals surface area contributed by atoms with E-state index in [-0.39, 0.29) is 12.5 Å². The van der Waals surface area contributed by atoms with Crippen molar-refractivity contribution in [1.29, 1.82) is 0 Å². The zero-order valence-corrected chi connectivity index (χ0v) is 20.8. The number of likely N-dealkylation sites (N-methyl/N-ethyl adjacent to an activating group) is 1. The maximum absolute atomic E-state index is 13.5. The number of nitrogens with one attached hydrogen (secondary N) is 1. The van der Waals surface area contributed by atoms with Crippen LogP contribution < -0.4 is 16.0 Å². The SMILES string of the molecule is CC[C@@H](NC(=O)N1C(=O)[C@H](Cc2ccnc(N)c2)[C@H]1C(=O)N(C)c1cscn1)c1cccc(Cl)c1. The molecule has 3 aromatic rings. The summed E-state index contributed by atoms with van der Waals surface area (Å²) in [5, 5.41) is 5.16. The van der Waals surface area contributed by atoms with E-state index in [1.165, 1.54) is 16.2 Å². The van der Waals surface area contributed by atoms with Gasteiger partial charge in [-0.3, -0.25) is 19.4 Å². The Morgan fingerprint density at radius 3 is 2.74 bits per heavy atom. The molecule has 3 heterocycles. The first-order valence-electron chi connectivity index (χ1n) is 11.0. The molecule has 1 aliphatic heterocycles. The van der Waals surface area contributed by atoms with Crippen molar-refractivity contribution in [3.63, 3.8) is 0 Å². The molecule has 1 aromatic carbocycles. The molecule has 1 saturated heterocycles. The molecule has 1 aliphatic rings. The molecule has 0 aliphatic carbocycles. The molecular weight excluding hydrogens is 488 g/mol. The van der Waals surface area contributed by atoms with Crippen molar-refractivity contribution in [3.05, 3.63) is 69.6 Å². The molecule has 1 fully saturated rings. The first-order chi connectivity index (χ1) is 16.8. The van der Waals surface area contributed by atoms with E-state index in [1.807, 2.05) is 13.0 Å². The maximum Gasteiger partial charge on any atom is 0.325 e. The van der Waals surface area contributed by atoms with Gasteiger partial charge in [-0.2, -0.15) is 0 Å². The fourth-order valence-electron chi connectivity index (χ4n) is 4.18. The number of pyridine rings is 1. The third-order valence-electron chi connectivity index (χ3n) is 6.04. The fraction of sp³-hybridized carbons (Fsp3) is 0.292. The number of likely N-dealkylation sites (tertiary alicyclic amines) is 1. The van der Waals surface area contributed by atoms with Crippen molar-refractivity contribution in [3.8, 4) is 0 Å². The van der Waals surface area contributed by atoms with Gasteiger partial charge in [-0.25, -0.2) is 14.8 Å². The number of nitrogens with zero attached hydrogens (tertiary/aromatic N) is 4. The van der Waals surface area contributed by atoms with Crippen molar-refractivity contribution >= 4 is 52.4 Å². The number of halogens is 1. The van der Waals surface area contributed by atoms with Crippen LogP contribution in [0.2, 0.25) is 5.02 Å². The van der Waals surface area contributed by atoms with Gasteiger partial charge in [-0.05, 0) is 48.2 Å². The standard InChI is InChI=1S/C24H25ClN6O3S/c1-3-18(15-5-4-6-16(25)11-15)29-24(34)31-21(23(33)30(2)20-12-35-13-28-20)17(22(31)32)9-14-7-8-27-19(26)10-14/h4-8,10-13,17-18,21H,3,9H2,1-2H3,(H2,26,27)(H,29,34)/t17-,18-,21+/m1/s1. The number of nitrogens with two attached hydrogens (primary N) is 1. The molecule has 3 N–H and O–H groups in total. The number of urea groups is 1. The number of nitrogen functional groups attached to an aromatic ring is 1. The molecule has 9 nitrogen and oxygen atoms in total. The molecule has 3 atom stereocenters. The van der Waals surface area contributed by atoms with E-state index < -0.39 is 29.8 Å². The molecule has 11 heteroatoms. The third-order valence-corrected chi connectivity index (χ3v) is 6.85. The molecule has 182 valence electrons. The van der Waals surface area contributed by atoms with Gasteiger partial charge in [-0.15, -0.1) is 11.3 Å². The highest BCUT2D eigenvalue weighted by molar-refractivity contribution is 7.07. The largest absolute Gasteiger partial charge is 0.384 e. The van der Waals surface area contributed by atoms with Crippen molar-refractivity contribution in [2.75, 3.05) is 17.7 Å². The van der Waals surface area contributed by atoms with E-state index >= 15 is 0 Å². The van der Waals surface area contributed by atoms with E-state index in [2.05, 4.69) is 15.3 Å². The molecule has 0 spiro atoms. The highest BCUT2D eigenvalue weighted by Crippen LogP contribution is 2.33. The van der Waals surface area contributed by atoms with E-state index in [4.69, 9.17) is 17.3 Å². The summed E-state index contributed by atoms with van der Waals surface area (Å²) in [6, 6.07) is 8.58. The number of thiazole rings is 1. The average Bonchev–Trinajstić information content (AvgIpc) is 3.38. The van der Waals surface area contributed by atoms with Crippen LogP contribution >= 0.6 is 22.9 Å². The van der Waals surface area contributed by atoms with Crippen LogP contribution in [0.5, 0.6) is 0 Å². The normalized spacial score (nSPS) is 18.0. The second-order valence-corrected chi connectivity index (χ2v) is 9.42. The summed E-state index contributed by atoms with van der Waals surface area (Å²) in [5.41, 5.74) is 8.97. The molecule has 35 heavy (non-hydrogen) atoms. The lowest BCUT2D eigenvalue weighted by molar-refractivity contribution is -0.156. The lowest BCUT2D eigenvalue weighted by Crippen LogP contribution is -2.70. The van der Waals surface area contributed by atoms with Crippen LogP contribution in [0.3, 0.4) is 0 Å². The van der Waals surface area contributed by atoms with Crippen molar-refractivity contribution in [1.82, 2.24) is 20.2 Å². The predicted molar refractivity (Wildman–Crippen MR) is 135 cm³/mol. The Kier molecular flexibility index (Phi) is 7.32. The van der Waals surface area contributed by atoms with Crippen LogP contribution in [0, 0.1) is 5.92 Å². The lowest BCUT2D eigenvalue weighted by Gasteiger charge is -2.45. The van der Waals surface area contributed by atoms with E-state index in [1.54, 1.807) is 54.5 Å². The summed E-state index contributed by atoms with van der Waals surface area (Å²) in [6.45, 7) is 1.92. The number of rotatable bonds is 7. The van der Waals surface area contributed by atoms with Gasteiger partial charge in [0.1, 0.15) is 17.7 Å². The quantitative estimate of drug-likeness (QED) is 0.466. The lowest BCUT2D eigenvalue weighted by atomic mass is 9.81. The van der Waals surface area contributed by atoms with Crippen molar-refractivity contribution in [2.24, 2.45) is 5.92 Å². The Labute approximate surface area is 211 Å². The first-order valence-corrected chi connectivity index (χ1v) is 12.4. The van der Waals surface area contributed by atoms with Crippen LogP contribution in [-0.2, 0) is 16.0 Å². The summed E-state index contributed by atoms with van der Waals surface area (Å²) in [7, 11) is 1.58. The van der Waals surface area contributed by atoms with Crippen LogP contribution in [-0.4, -0.2) is 45.8 Å². The number of carbonyl (C=O) groups excluding carboxylic acids is 3. The fourth-order valence-corrected chi connectivity index (χ4v) is 4.95. The monoisotopic (exact) mass is 512 g/mol. The number of benzene rings is 1. The van der Waals surface area contributed by atoms with Crippen molar-refractivity contribution in [2.45, 2.75) is 31.8 Å². The van der Waals surface area contributed by atoms with Gasteiger partial charge in [0.05, 0.1) is 17.5 Å². The minimum absolute atomic E-state index is 0.252. The molecule has 0 bridgehead atoms. The molecule has 2 aromatic heterocycles. The second kappa shape index (κ2) is 10.4. The summed E-state index contributed by atoms with van der Waals surface area (Å²) in [5.74, 6) is -0.768. The number of hydrogen-bond acceptors (Lipinski definition) is 7. The van der Waals surface area contributed by atoms with Crippen LogP contribution in [0.4, 0.5) is 16.4 Å². The van der Waals surface area contributed by atoms with Crippen LogP contribution in [0.15, 0.2) is 53.5 Å². The van der Waals surface area contributed by atoms with E-state index in [0.29, 0.717) is 23.1 Å². The van der Waals surface area contributed by atoms with E-state index in [9.17, 15) is 14.4 Å². The number of anilines is 2. The number of carbonyl (C=O) groups is 3. The summed E-state index contributed by atoms with van der Waals surface area (Å²) in [6.07, 6.45) is 2.38. The Bertz CT molecular complexity index is 1240. The smallest absolute Gasteiger partial charge is 0.325 e. The maximum atomic E-state index is 13.5. The third kappa shape index (κ3) is 5.13. The minimum Gasteiger partial charge on any atom is -0.384 e. The van der Waals surface area contributed by atoms with Crippen LogP contribution in [0.25, 0.3) is 0 Å². The summed E-state index contributed by atoms with van der Waals surface area (Å²) >= 11 is 7.47. The number of imide groups is 1. The summed E-state index contributed by atoms with van der Waals surface area (Å²) < 4.78 is 0. The highest BCUT2D eigenvalue weighted by atomic mass is 35.5. The van der Waals surface area contributed by atoms with Gasteiger partial charge < -0.3 is 11.1 Å². The molecular formula is C24H25ClN6O3S. The highest BCUT2D eigenvalue weighted by Gasteiger charge is 2.55. The molecule has 4 rings (SSSR count). The average molecular weight is 513 g/mol. The molecule has 0 unspecified atom stereocenters. The second-order valence-electron chi connectivity index (χ2n) is 8.26. The first kappa shape index (κ1) is 24.6. The van der Waals surface area contributed by atoms with Gasteiger partial charge in [0.15, 0.2) is 0 Å². The number of amides is 4. The Balaban J connectivity index is 1.59. The van der Waals surface area contributed by atoms with Gasteiger partial charge in [0.2, 0.25) is 5.91 Å². The van der Waals surface area contributed by atoms with Gasteiger partial charge in [0, 0.05) is 23.6 Å². The molecule has 0 saturated carbocycles. The zero-order chi connectivity index (χ0) is 25.1. The van der Waals surface area contributed by atoms with E-state index in [0.717, 1.165) is 16.0 Å².